The van der Waals surface area contributed by atoms with Gasteiger partial charge in [0.15, 0.2) is 0 Å². The van der Waals surface area contributed by atoms with E-state index in [1.54, 1.807) is 36.4 Å². The predicted molar refractivity (Wildman–Crippen MR) is 85.2 cm³/mol. The van der Waals surface area contributed by atoms with Crippen LogP contribution in [0.2, 0.25) is 0 Å². The Morgan fingerprint density at radius 3 is 2.26 bits per heavy atom. The minimum absolute atomic E-state index is 0.0435. The van der Waals surface area contributed by atoms with E-state index in [9.17, 15) is 13.2 Å². The molecule has 0 spiro atoms. The molecule has 118 valence electrons. The smallest absolute Gasteiger partial charge is 0.266 e. The highest BCUT2D eigenvalue weighted by Gasteiger charge is 2.26. The van der Waals surface area contributed by atoms with E-state index in [-0.39, 0.29) is 10.5 Å². The molecular formula is C16H15N3O3S. The molecule has 0 unspecified atom stereocenters. The average Bonchev–Trinajstić information content (AvgIpc) is 3.10. The van der Waals surface area contributed by atoms with Gasteiger partial charge < -0.3 is 4.98 Å². The third-order valence-corrected chi connectivity index (χ3v) is 5.81. The van der Waals surface area contributed by atoms with Crippen LogP contribution in [0.4, 0.5) is 0 Å². The van der Waals surface area contributed by atoms with Gasteiger partial charge in [-0.25, -0.2) is 8.42 Å². The number of sulfonamides is 1. The van der Waals surface area contributed by atoms with E-state index in [1.807, 2.05) is 0 Å². The summed E-state index contributed by atoms with van der Waals surface area (Å²) in [5, 5.41) is 8.77. The summed E-state index contributed by atoms with van der Waals surface area (Å²) in [6.07, 6.45) is 1.79. The van der Waals surface area contributed by atoms with Gasteiger partial charge in [0.1, 0.15) is 11.6 Å². The first-order valence-corrected chi connectivity index (χ1v) is 8.70. The SMILES string of the molecule is N#Cc1ccc(-c2ccc(S(=O)(=O)N3CCCC3)cc2)[nH]c1=O. The lowest BCUT2D eigenvalue weighted by Crippen LogP contribution is -2.27. The third-order valence-electron chi connectivity index (χ3n) is 3.90. The molecule has 1 aromatic carbocycles. The van der Waals surface area contributed by atoms with Gasteiger partial charge >= 0.3 is 0 Å². The van der Waals surface area contributed by atoms with Crippen LogP contribution >= 0.6 is 0 Å². The van der Waals surface area contributed by atoms with Gasteiger partial charge in [-0.2, -0.15) is 9.57 Å². The number of benzene rings is 1. The zero-order valence-electron chi connectivity index (χ0n) is 12.3. The number of nitrogens with zero attached hydrogens (tertiary/aromatic N) is 2. The van der Waals surface area contributed by atoms with E-state index in [2.05, 4.69) is 4.98 Å². The van der Waals surface area contributed by atoms with Crippen molar-refractivity contribution in [2.24, 2.45) is 0 Å². The maximum absolute atomic E-state index is 12.5. The summed E-state index contributed by atoms with van der Waals surface area (Å²) in [5.41, 5.74) is 0.812. The number of nitrogens with one attached hydrogen (secondary N) is 1. The molecule has 1 aliphatic heterocycles. The summed E-state index contributed by atoms with van der Waals surface area (Å²) in [6, 6.07) is 11.3. The third kappa shape index (κ3) is 2.91. The summed E-state index contributed by atoms with van der Waals surface area (Å²) < 4.78 is 26.4. The van der Waals surface area contributed by atoms with E-state index in [1.165, 1.54) is 10.4 Å². The Labute approximate surface area is 134 Å². The maximum Gasteiger partial charge on any atom is 0.266 e. The van der Waals surface area contributed by atoms with Crippen molar-refractivity contribution in [1.82, 2.24) is 9.29 Å². The first-order valence-electron chi connectivity index (χ1n) is 7.26. The van der Waals surface area contributed by atoms with Crippen molar-refractivity contribution >= 4 is 10.0 Å². The molecule has 2 aromatic rings. The largest absolute Gasteiger partial charge is 0.321 e. The Bertz CT molecular complexity index is 918. The highest BCUT2D eigenvalue weighted by molar-refractivity contribution is 7.89. The number of H-pyrrole nitrogens is 1. The van der Waals surface area contributed by atoms with Crippen molar-refractivity contribution in [3.05, 3.63) is 52.3 Å². The molecule has 1 aromatic heterocycles. The normalized spacial score (nSPS) is 15.4. The summed E-state index contributed by atoms with van der Waals surface area (Å²) in [7, 11) is -3.44. The fourth-order valence-electron chi connectivity index (χ4n) is 2.61. The van der Waals surface area contributed by atoms with Crippen molar-refractivity contribution in [3.8, 4) is 17.3 Å². The van der Waals surface area contributed by atoms with Gasteiger partial charge in [-0.05, 0) is 42.7 Å². The second kappa shape index (κ2) is 5.99. The lowest BCUT2D eigenvalue weighted by Gasteiger charge is -2.15. The second-order valence-corrected chi connectivity index (χ2v) is 7.30. The van der Waals surface area contributed by atoms with Gasteiger partial charge in [-0.15, -0.1) is 0 Å². The van der Waals surface area contributed by atoms with E-state index < -0.39 is 15.6 Å². The average molecular weight is 329 g/mol. The molecular weight excluding hydrogens is 314 g/mol. The molecule has 0 bridgehead atoms. The van der Waals surface area contributed by atoms with Crippen LogP contribution in [0, 0.1) is 11.3 Å². The van der Waals surface area contributed by atoms with Gasteiger partial charge in [0.2, 0.25) is 10.0 Å². The highest BCUT2D eigenvalue weighted by atomic mass is 32.2. The zero-order chi connectivity index (χ0) is 16.4. The molecule has 0 saturated carbocycles. The number of hydrogen-bond donors (Lipinski definition) is 1. The van der Waals surface area contributed by atoms with Gasteiger partial charge in [0.05, 0.1) is 4.90 Å². The van der Waals surface area contributed by atoms with Crippen molar-refractivity contribution < 1.29 is 8.42 Å². The van der Waals surface area contributed by atoms with Gasteiger partial charge in [0, 0.05) is 18.8 Å². The molecule has 3 rings (SSSR count). The van der Waals surface area contributed by atoms with Crippen LogP contribution in [0.15, 0.2) is 46.1 Å². The zero-order valence-corrected chi connectivity index (χ0v) is 13.1. The molecule has 0 aliphatic carbocycles. The Morgan fingerprint density at radius 1 is 1.04 bits per heavy atom. The van der Waals surface area contributed by atoms with Crippen LogP contribution in [0.25, 0.3) is 11.3 Å². The molecule has 7 heteroatoms. The summed E-state index contributed by atoms with van der Waals surface area (Å²) in [5.74, 6) is 0. The lowest BCUT2D eigenvalue weighted by atomic mass is 10.1. The van der Waals surface area contributed by atoms with E-state index in [0.29, 0.717) is 24.3 Å². The molecule has 23 heavy (non-hydrogen) atoms. The molecule has 0 radical (unpaired) electrons. The van der Waals surface area contributed by atoms with Crippen molar-refractivity contribution in [2.45, 2.75) is 17.7 Å². The molecule has 1 N–H and O–H groups in total. The fraction of sp³-hybridized carbons (Fsp3) is 0.250. The maximum atomic E-state index is 12.5. The van der Waals surface area contributed by atoms with Crippen LogP contribution in [0.3, 0.4) is 0 Å². The summed E-state index contributed by atoms with van der Waals surface area (Å²) in [6.45, 7) is 1.13. The Hall–Kier alpha value is -2.43. The van der Waals surface area contributed by atoms with Crippen LogP contribution in [0.1, 0.15) is 18.4 Å². The predicted octanol–water partition coefficient (Wildman–Crippen LogP) is 1.70. The Kier molecular flexibility index (Phi) is 4.03. The van der Waals surface area contributed by atoms with E-state index >= 15 is 0 Å². The lowest BCUT2D eigenvalue weighted by molar-refractivity contribution is 0.477. The topological polar surface area (TPSA) is 94.0 Å². The molecule has 6 nitrogen and oxygen atoms in total. The molecule has 2 heterocycles. The van der Waals surface area contributed by atoms with Gasteiger partial charge in [0.25, 0.3) is 5.56 Å². The highest BCUT2D eigenvalue weighted by Crippen LogP contribution is 2.23. The molecule has 0 amide bonds. The summed E-state index contributed by atoms with van der Waals surface area (Å²) >= 11 is 0. The van der Waals surface area contributed by atoms with E-state index in [0.717, 1.165) is 12.8 Å². The molecule has 1 saturated heterocycles. The summed E-state index contributed by atoms with van der Waals surface area (Å²) in [4.78, 5) is 14.5. The number of hydrogen-bond acceptors (Lipinski definition) is 4. The van der Waals surface area contributed by atoms with Gasteiger partial charge in [-0.3, -0.25) is 4.79 Å². The number of aromatic amines is 1. The molecule has 1 aliphatic rings. The van der Waals surface area contributed by atoms with Crippen molar-refractivity contribution in [1.29, 1.82) is 5.26 Å². The van der Waals surface area contributed by atoms with E-state index in [4.69, 9.17) is 5.26 Å². The quantitative estimate of drug-likeness (QED) is 0.927. The fourth-order valence-corrected chi connectivity index (χ4v) is 4.13. The minimum Gasteiger partial charge on any atom is -0.321 e. The Morgan fingerprint density at radius 2 is 1.70 bits per heavy atom. The van der Waals surface area contributed by atoms with Crippen molar-refractivity contribution in [3.63, 3.8) is 0 Å². The van der Waals surface area contributed by atoms with Crippen LogP contribution in [-0.2, 0) is 10.0 Å². The minimum atomic E-state index is -3.44. The Balaban J connectivity index is 1.92. The molecule has 1 fully saturated rings. The van der Waals surface area contributed by atoms with Crippen LogP contribution in [0.5, 0.6) is 0 Å². The van der Waals surface area contributed by atoms with Gasteiger partial charge in [-0.1, -0.05) is 12.1 Å². The monoisotopic (exact) mass is 329 g/mol. The van der Waals surface area contributed by atoms with Crippen molar-refractivity contribution in [2.75, 3.05) is 13.1 Å². The van der Waals surface area contributed by atoms with Crippen LogP contribution in [-0.4, -0.2) is 30.8 Å². The number of aromatic nitrogens is 1. The number of nitriles is 1. The first-order chi connectivity index (χ1) is 11.0. The standard InChI is InChI=1S/C16H15N3O3S/c17-11-13-5-8-15(18-16(13)20)12-3-6-14(7-4-12)23(21,22)19-9-1-2-10-19/h3-8H,1-2,9-10H2,(H,18,20). The number of pyridine rings is 1. The van der Waals surface area contributed by atoms with Crippen LogP contribution < -0.4 is 5.56 Å². The number of rotatable bonds is 3. The second-order valence-electron chi connectivity index (χ2n) is 5.36. The molecule has 0 atom stereocenters. The first kappa shape index (κ1) is 15.5.